The number of fused-ring (bicyclic) bond motifs is 1. The molecule has 0 saturated carbocycles. The van der Waals surface area contributed by atoms with E-state index in [1.807, 2.05) is 31.2 Å². The van der Waals surface area contributed by atoms with Gasteiger partial charge in [0, 0.05) is 5.56 Å². The van der Waals surface area contributed by atoms with Crippen molar-refractivity contribution >= 4 is 11.0 Å². The second kappa shape index (κ2) is 3.70. The Morgan fingerprint density at radius 1 is 1.12 bits per heavy atom. The smallest absolute Gasteiger partial charge is 0.123 e. The quantitative estimate of drug-likeness (QED) is 0.673. The van der Waals surface area contributed by atoms with Gasteiger partial charge >= 0.3 is 0 Å². The zero-order chi connectivity index (χ0) is 11.8. The number of hydrogen-bond donors (Lipinski definition) is 1. The molecule has 3 heteroatoms. The molecule has 0 saturated heterocycles. The van der Waals surface area contributed by atoms with Gasteiger partial charge in [0.25, 0.3) is 0 Å². The minimum absolute atomic E-state index is 0.226. The largest absolute Gasteiger partial charge is 0.342 e. The SMILES string of the molecule is Cc1nc2cccc(-c3cccc(F)c3)c2[nH]1. The fourth-order valence-corrected chi connectivity index (χ4v) is 2.05. The summed E-state index contributed by atoms with van der Waals surface area (Å²) in [5, 5.41) is 0. The van der Waals surface area contributed by atoms with E-state index in [2.05, 4.69) is 9.97 Å². The number of benzene rings is 2. The zero-order valence-corrected chi connectivity index (χ0v) is 9.37. The van der Waals surface area contributed by atoms with E-state index in [-0.39, 0.29) is 5.82 Å². The van der Waals surface area contributed by atoms with Gasteiger partial charge in [-0.3, -0.25) is 0 Å². The van der Waals surface area contributed by atoms with Crippen LogP contribution in [0.15, 0.2) is 42.5 Å². The monoisotopic (exact) mass is 226 g/mol. The average Bonchev–Trinajstić information content (AvgIpc) is 2.68. The third-order valence-electron chi connectivity index (χ3n) is 2.77. The zero-order valence-electron chi connectivity index (χ0n) is 9.37. The maximum absolute atomic E-state index is 13.2. The molecule has 0 fully saturated rings. The van der Waals surface area contributed by atoms with Crippen LogP contribution in [0.3, 0.4) is 0 Å². The average molecular weight is 226 g/mol. The molecule has 1 heterocycles. The standard InChI is InChI=1S/C14H11FN2/c1-9-16-13-7-3-6-12(14(13)17-9)10-4-2-5-11(15)8-10/h2-8H,1H3,(H,16,17). The number of aromatic nitrogens is 2. The molecule has 3 aromatic rings. The minimum Gasteiger partial charge on any atom is -0.342 e. The Bertz CT molecular complexity index is 686. The number of hydrogen-bond acceptors (Lipinski definition) is 1. The van der Waals surface area contributed by atoms with Crippen LogP contribution in [0, 0.1) is 12.7 Å². The molecule has 0 unspecified atom stereocenters. The van der Waals surface area contributed by atoms with E-state index < -0.39 is 0 Å². The van der Waals surface area contributed by atoms with E-state index in [0.717, 1.165) is 28.0 Å². The van der Waals surface area contributed by atoms with Gasteiger partial charge in [-0.2, -0.15) is 0 Å². The summed E-state index contributed by atoms with van der Waals surface area (Å²) in [5.41, 5.74) is 3.70. The van der Waals surface area contributed by atoms with Gasteiger partial charge in [0.2, 0.25) is 0 Å². The lowest BCUT2D eigenvalue weighted by atomic mass is 10.0. The molecule has 3 rings (SSSR count). The van der Waals surface area contributed by atoms with Gasteiger partial charge in [0.05, 0.1) is 11.0 Å². The first-order valence-corrected chi connectivity index (χ1v) is 5.45. The van der Waals surface area contributed by atoms with Crippen molar-refractivity contribution in [2.75, 3.05) is 0 Å². The number of rotatable bonds is 1. The summed E-state index contributed by atoms with van der Waals surface area (Å²) in [4.78, 5) is 7.58. The highest BCUT2D eigenvalue weighted by Gasteiger charge is 2.07. The Balaban J connectivity index is 2.30. The molecule has 1 N–H and O–H groups in total. The van der Waals surface area contributed by atoms with Crippen molar-refractivity contribution in [3.05, 3.63) is 54.1 Å². The number of halogens is 1. The minimum atomic E-state index is -0.226. The molecule has 0 atom stereocenters. The van der Waals surface area contributed by atoms with Crippen molar-refractivity contribution in [2.24, 2.45) is 0 Å². The fourth-order valence-electron chi connectivity index (χ4n) is 2.05. The van der Waals surface area contributed by atoms with Gasteiger partial charge in [0.1, 0.15) is 11.6 Å². The topological polar surface area (TPSA) is 28.7 Å². The first-order chi connectivity index (χ1) is 8.24. The van der Waals surface area contributed by atoms with Gasteiger partial charge in [-0.1, -0.05) is 24.3 Å². The number of nitrogens with zero attached hydrogens (tertiary/aromatic N) is 1. The first-order valence-electron chi connectivity index (χ1n) is 5.45. The number of nitrogens with one attached hydrogen (secondary N) is 1. The fraction of sp³-hybridized carbons (Fsp3) is 0.0714. The van der Waals surface area contributed by atoms with Crippen LogP contribution in [0.5, 0.6) is 0 Å². The lowest BCUT2D eigenvalue weighted by molar-refractivity contribution is 0.628. The Morgan fingerprint density at radius 3 is 2.76 bits per heavy atom. The van der Waals surface area contributed by atoms with Crippen molar-refractivity contribution < 1.29 is 4.39 Å². The maximum atomic E-state index is 13.2. The highest BCUT2D eigenvalue weighted by atomic mass is 19.1. The molecule has 0 spiro atoms. The predicted molar refractivity (Wildman–Crippen MR) is 66.2 cm³/mol. The first kappa shape index (κ1) is 10.0. The van der Waals surface area contributed by atoms with Gasteiger partial charge in [-0.15, -0.1) is 0 Å². The Labute approximate surface area is 98.1 Å². The van der Waals surface area contributed by atoms with E-state index in [9.17, 15) is 4.39 Å². The van der Waals surface area contributed by atoms with Crippen LogP contribution < -0.4 is 0 Å². The summed E-state index contributed by atoms with van der Waals surface area (Å²) in [6.45, 7) is 1.91. The molecule has 0 bridgehead atoms. The molecule has 84 valence electrons. The molecule has 0 amide bonds. The summed E-state index contributed by atoms with van der Waals surface area (Å²) in [6.07, 6.45) is 0. The van der Waals surface area contributed by atoms with Crippen molar-refractivity contribution in [1.82, 2.24) is 9.97 Å². The number of H-pyrrole nitrogens is 1. The van der Waals surface area contributed by atoms with Crippen LogP contribution >= 0.6 is 0 Å². The molecular weight excluding hydrogens is 215 g/mol. The van der Waals surface area contributed by atoms with Crippen LogP contribution in [0.2, 0.25) is 0 Å². The van der Waals surface area contributed by atoms with E-state index in [4.69, 9.17) is 0 Å². The lowest BCUT2D eigenvalue weighted by Crippen LogP contribution is -1.82. The summed E-state index contributed by atoms with van der Waals surface area (Å²) >= 11 is 0. The molecule has 17 heavy (non-hydrogen) atoms. The normalized spacial score (nSPS) is 10.9. The molecule has 1 aromatic heterocycles. The third kappa shape index (κ3) is 1.69. The number of imidazole rings is 1. The highest BCUT2D eigenvalue weighted by Crippen LogP contribution is 2.27. The lowest BCUT2D eigenvalue weighted by Gasteiger charge is -2.02. The van der Waals surface area contributed by atoms with E-state index in [0.29, 0.717) is 0 Å². The molecule has 2 nitrogen and oxygen atoms in total. The van der Waals surface area contributed by atoms with Crippen LogP contribution in [0.25, 0.3) is 22.2 Å². The van der Waals surface area contributed by atoms with Crippen LogP contribution in [0.4, 0.5) is 4.39 Å². The summed E-state index contributed by atoms with van der Waals surface area (Å²) < 4.78 is 13.2. The number of aromatic amines is 1. The molecule has 0 radical (unpaired) electrons. The highest BCUT2D eigenvalue weighted by molar-refractivity contribution is 5.91. The second-order valence-corrected chi connectivity index (χ2v) is 4.03. The van der Waals surface area contributed by atoms with Gasteiger partial charge < -0.3 is 4.98 Å². The maximum Gasteiger partial charge on any atom is 0.123 e. The van der Waals surface area contributed by atoms with Crippen LogP contribution in [-0.2, 0) is 0 Å². The Morgan fingerprint density at radius 2 is 1.94 bits per heavy atom. The van der Waals surface area contributed by atoms with E-state index in [1.54, 1.807) is 6.07 Å². The molecule has 2 aromatic carbocycles. The summed E-state index contributed by atoms with van der Waals surface area (Å²) in [7, 11) is 0. The molecule has 0 aliphatic carbocycles. The molecule has 0 aliphatic rings. The van der Waals surface area contributed by atoms with Crippen molar-refractivity contribution in [3.8, 4) is 11.1 Å². The van der Waals surface area contributed by atoms with Gasteiger partial charge in [0.15, 0.2) is 0 Å². The summed E-state index contributed by atoms with van der Waals surface area (Å²) in [5.74, 6) is 0.639. The second-order valence-electron chi connectivity index (χ2n) is 4.03. The van der Waals surface area contributed by atoms with Crippen molar-refractivity contribution in [2.45, 2.75) is 6.92 Å². The van der Waals surface area contributed by atoms with E-state index >= 15 is 0 Å². The molecular formula is C14H11FN2. The van der Waals surface area contributed by atoms with Crippen molar-refractivity contribution in [1.29, 1.82) is 0 Å². The Hall–Kier alpha value is -2.16. The molecule has 0 aliphatic heterocycles. The van der Waals surface area contributed by atoms with E-state index in [1.165, 1.54) is 12.1 Å². The van der Waals surface area contributed by atoms with Crippen LogP contribution in [-0.4, -0.2) is 9.97 Å². The number of aryl methyl sites for hydroxylation is 1. The Kier molecular flexibility index (Phi) is 2.18. The number of para-hydroxylation sites is 1. The third-order valence-corrected chi connectivity index (χ3v) is 2.77. The van der Waals surface area contributed by atoms with Gasteiger partial charge in [-0.25, -0.2) is 9.37 Å². The van der Waals surface area contributed by atoms with Crippen molar-refractivity contribution in [3.63, 3.8) is 0 Å². The summed E-state index contributed by atoms with van der Waals surface area (Å²) in [6, 6.07) is 12.4. The van der Waals surface area contributed by atoms with Crippen LogP contribution in [0.1, 0.15) is 5.82 Å². The van der Waals surface area contributed by atoms with Gasteiger partial charge in [-0.05, 0) is 30.7 Å². The predicted octanol–water partition coefficient (Wildman–Crippen LogP) is 3.68.